The van der Waals surface area contributed by atoms with Gasteiger partial charge in [0.25, 0.3) is 0 Å². The maximum Gasteiger partial charge on any atom is 0.314 e. The summed E-state index contributed by atoms with van der Waals surface area (Å²) in [4.78, 5) is 22.8. The summed E-state index contributed by atoms with van der Waals surface area (Å²) in [6, 6.07) is 9.34. The van der Waals surface area contributed by atoms with Crippen LogP contribution in [0.1, 0.15) is 11.5 Å². The van der Waals surface area contributed by atoms with Gasteiger partial charge in [0, 0.05) is 13.6 Å². The Kier molecular flexibility index (Phi) is 5.87. The first-order chi connectivity index (χ1) is 8.69. The highest BCUT2D eigenvalue weighted by Crippen LogP contribution is 2.15. The number of ether oxygens (including phenoxy) is 1. The molecule has 1 rings (SSSR count). The minimum Gasteiger partial charge on any atom is -0.469 e. The molecule has 0 aromatic heterocycles. The molecule has 98 valence electrons. The van der Waals surface area contributed by atoms with Gasteiger partial charge in [-0.05, 0) is 5.56 Å². The van der Waals surface area contributed by atoms with Crippen LogP contribution in [0.25, 0.3) is 0 Å². The molecule has 5 heteroatoms. The zero-order valence-electron chi connectivity index (χ0n) is 10.6. The first-order valence-corrected chi connectivity index (χ1v) is 5.73. The second-order valence-corrected chi connectivity index (χ2v) is 3.79. The molecule has 1 aromatic rings. The Bertz CT molecular complexity index is 392. The van der Waals surface area contributed by atoms with Crippen molar-refractivity contribution >= 4 is 11.9 Å². The molecule has 0 heterocycles. The normalized spacial score (nSPS) is 11.7. The van der Waals surface area contributed by atoms with E-state index in [-0.39, 0.29) is 18.4 Å². The molecule has 1 unspecified atom stereocenters. The SMILES string of the molecule is CNC(=O)CNCC(C(=O)OC)c1ccccc1. The fourth-order valence-electron chi connectivity index (χ4n) is 1.58. The first-order valence-electron chi connectivity index (χ1n) is 5.73. The molecule has 0 bridgehead atoms. The number of carbonyl (C=O) groups excluding carboxylic acids is 2. The second-order valence-electron chi connectivity index (χ2n) is 3.79. The Balaban J connectivity index is 2.63. The molecule has 1 atom stereocenters. The number of benzene rings is 1. The predicted octanol–water partition coefficient (Wildman–Crippen LogP) is 0.279. The quantitative estimate of drug-likeness (QED) is 0.712. The Morgan fingerprint density at radius 2 is 1.94 bits per heavy atom. The zero-order chi connectivity index (χ0) is 13.4. The van der Waals surface area contributed by atoms with Crippen LogP contribution in [0.15, 0.2) is 30.3 Å². The van der Waals surface area contributed by atoms with E-state index in [1.165, 1.54) is 7.11 Å². The van der Waals surface area contributed by atoms with Gasteiger partial charge in [-0.3, -0.25) is 9.59 Å². The Morgan fingerprint density at radius 1 is 1.28 bits per heavy atom. The molecule has 0 saturated heterocycles. The van der Waals surface area contributed by atoms with Gasteiger partial charge in [-0.25, -0.2) is 0 Å². The number of hydrogen-bond acceptors (Lipinski definition) is 4. The third-order valence-electron chi connectivity index (χ3n) is 2.60. The van der Waals surface area contributed by atoms with E-state index in [4.69, 9.17) is 4.74 Å². The molecule has 0 aliphatic rings. The molecule has 2 N–H and O–H groups in total. The van der Waals surface area contributed by atoms with Gasteiger partial charge in [0.2, 0.25) is 5.91 Å². The number of hydrogen-bond donors (Lipinski definition) is 2. The summed E-state index contributed by atoms with van der Waals surface area (Å²) < 4.78 is 4.77. The van der Waals surface area contributed by atoms with E-state index in [2.05, 4.69) is 10.6 Å². The van der Waals surface area contributed by atoms with Crippen molar-refractivity contribution in [1.82, 2.24) is 10.6 Å². The predicted molar refractivity (Wildman–Crippen MR) is 68.1 cm³/mol. The number of amides is 1. The Labute approximate surface area is 107 Å². The van der Waals surface area contributed by atoms with Crippen LogP contribution >= 0.6 is 0 Å². The van der Waals surface area contributed by atoms with Crippen LogP contribution in [0.5, 0.6) is 0 Å². The molecule has 1 aromatic carbocycles. The lowest BCUT2D eigenvalue weighted by atomic mass is 9.99. The summed E-state index contributed by atoms with van der Waals surface area (Å²) in [7, 11) is 2.93. The third kappa shape index (κ3) is 4.18. The van der Waals surface area contributed by atoms with Crippen LogP contribution in [0.4, 0.5) is 0 Å². The highest BCUT2D eigenvalue weighted by Gasteiger charge is 2.20. The Hall–Kier alpha value is -1.88. The standard InChI is InChI=1S/C13H18N2O3/c1-14-12(16)9-15-8-11(13(17)18-2)10-6-4-3-5-7-10/h3-7,11,15H,8-9H2,1-2H3,(H,14,16). The maximum absolute atomic E-state index is 11.7. The van der Waals surface area contributed by atoms with E-state index in [9.17, 15) is 9.59 Å². The molecule has 0 radical (unpaired) electrons. The number of likely N-dealkylation sites (N-methyl/N-ethyl adjacent to an activating group) is 1. The monoisotopic (exact) mass is 250 g/mol. The molecule has 0 aliphatic heterocycles. The van der Waals surface area contributed by atoms with Gasteiger partial charge in [-0.2, -0.15) is 0 Å². The van der Waals surface area contributed by atoms with Crippen LogP contribution in [0.3, 0.4) is 0 Å². The van der Waals surface area contributed by atoms with Crippen molar-refractivity contribution in [2.24, 2.45) is 0 Å². The van der Waals surface area contributed by atoms with E-state index in [1.807, 2.05) is 30.3 Å². The van der Waals surface area contributed by atoms with Crippen molar-refractivity contribution in [3.63, 3.8) is 0 Å². The van der Waals surface area contributed by atoms with Crippen molar-refractivity contribution in [3.8, 4) is 0 Å². The summed E-state index contributed by atoms with van der Waals surface area (Å²) in [6.07, 6.45) is 0. The van der Waals surface area contributed by atoms with E-state index in [1.54, 1.807) is 7.05 Å². The van der Waals surface area contributed by atoms with Crippen molar-refractivity contribution in [3.05, 3.63) is 35.9 Å². The molecular formula is C13H18N2O3. The van der Waals surface area contributed by atoms with E-state index >= 15 is 0 Å². The van der Waals surface area contributed by atoms with Gasteiger partial charge in [-0.15, -0.1) is 0 Å². The van der Waals surface area contributed by atoms with Crippen LogP contribution in [-0.2, 0) is 14.3 Å². The van der Waals surface area contributed by atoms with Gasteiger partial charge in [0.1, 0.15) is 0 Å². The largest absolute Gasteiger partial charge is 0.469 e. The topological polar surface area (TPSA) is 67.4 Å². The number of rotatable bonds is 6. The average Bonchev–Trinajstić information content (AvgIpc) is 2.43. The highest BCUT2D eigenvalue weighted by molar-refractivity contribution is 5.79. The number of carbonyl (C=O) groups is 2. The van der Waals surface area contributed by atoms with E-state index in [0.717, 1.165) is 5.56 Å². The lowest BCUT2D eigenvalue weighted by Crippen LogP contribution is -2.35. The lowest BCUT2D eigenvalue weighted by molar-refractivity contribution is -0.142. The second kappa shape index (κ2) is 7.45. The number of methoxy groups -OCH3 is 1. The van der Waals surface area contributed by atoms with Crippen molar-refractivity contribution in [2.45, 2.75) is 5.92 Å². The average molecular weight is 250 g/mol. The first kappa shape index (κ1) is 14.2. The molecule has 0 aliphatic carbocycles. The maximum atomic E-state index is 11.7. The Morgan fingerprint density at radius 3 is 2.50 bits per heavy atom. The molecular weight excluding hydrogens is 232 g/mol. The fraction of sp³-hybridized carbons (Fsp3) is 0.385. The minimum atomic E-state index is -0.402. The van der Waals surface area contributed by atoms with Crippen LogP contribution in [-0.4, -0.2) is 39.1 Å². The fourth-order valence-corrected chi connectivity index (χ4v) is 1.58. The van der Waals surface area contributed by atoms with E-state index < -0.39 is 5.92 Å². The van der Waals surface area contributed by atoms with Crippen LogP contribution in [0, 0.1) is 0 Å². The van der Waals surface area contributed by atoms with Gasteiger partial charge < -0.3 is 15.4 Å². The third-order valence-corrected chi connectivity index (χ3v) is 2.60. The summed E-state index contributed by atoms with van der Waals surface area (Å²) in [5, 5.41) is 5.44. The van der Waals surface area contributed by atoms with Crippen molar-refractivity contribution in [1.29, 1.82) is 0 Å². The van der Waals surface area contributed by atoms with Crippen molar-refractivity contribution in [2.75, 3.05) is 27.2 Å². The van der Waals surface area contributed by atoms with E-state index in [0.29, 0.717) is 6.54 Å². The number of esters is 1. The molecule has 0 saturated carbocycles. The summed E-state index contributed by atoms with van der Waals surface area (Å²) in [5.41, 5.74) is 0.869. The smallest absolute Gasteiger partial charge is 0.314 e. The van der Waals surface area contributed by atoms with Gasteiger partial charge in [0.15, 0.2) is 0 Å². The minimum absolute atomic E-state index is 0.119. The summed E-state index contributed by atoms with van der Waals surface area (Å²) in [5.74, 6) is -0.835. The summed E-state index contributed by atoms with van der Waals surface area (Å²) in [6.45, 7) is 0.543. The molecule has 0 fully saturated rings. The van der Waals surface area contributed by atoms with Gasteiger partial charge >= 0.3 is 5.97 Å². The van der Waals surface area contributed by atoms with Gasteiger partial charge in [0.05, 0.1) is 19.6 Å². The molecule has 1 amide bonds. The van der Waals surface area contributed by atoms with Crippen LogP contribution < -0.4 is 10.6 Å². The number of nitrogens with one attached hydrogen (secondary N) is 2. The molecule has 5 nitrogen and oxygen atoms in total. The van der Waals surface area contributed by atoms with Crippen LogP contribution in [0.2, 0.25) is 0 Å². The highest BCUT2D eigenvalue weighted by atomic mass is 16.5. The summed E-state index contributed by atoms with van der Waals surface area (Å²) >= 11 is 0. The van der Waals surface area contributed by atoms with Crippen molar-refractivity contribution < 1.29 is 14.3 Å². The molecule has 0 spiro atoms. The van der Waals surface area contributed by atoms with Gasteiger partial charge in [-0.1, -0.05) is 30.3 Å². The molecule has 18 heavy (non-hydrogen) atoms. The zero-order valence-corrected chi connectivity index (χ0v) is 10.6. The lowest BCUT2D eigenvalue weighted by Gasteiger charge is -2.15.